The minimum Gasteiger partial charge on any atom is -0.496 e. The van der Waals surface area contributed by atoms with E-state index < -0.39 is 51.9 Å². The quantitative estimate of drug-likeness (QED) is 0.176. The van der Waals surface area contributed by atoms with Gasteiger partial charge in [-0.1, -0.05) is 53.6 Å². The van der Waals surface area contributed by atoms with E-state index in [2.05, 4.69) is 74.1 Å². The molecule has 13 heteroatoms. The number of halogens is 1. The summed E-state index contributed by atoms with van der Waals surface area (Å²) >= 11 is 3.73. The van der Waals surface area contributed by atoms with Crippen molar-refractivity contribution >= 4 is 50.4 Å². The standard InChI is InChI=1S/C46H55BrN4O8/c1-8-27-19-28-23-45(41(53)57-6,37-30(13-17-50(24-27)25-28)31-20-29(47)11-12-34(31)48-37)33-21-32-35(22-36(33)56-5)49(4)39-44(32)15-18-51-16-10-14-43(9-2,38(44)51)40(59-26(3)52)46(39,55)42(54)58-7/h10-12,14,19-22,28,38-40,48,55H,8-9,13,15-18,23-25H2,1-7H3/t28-,38+,39-,40-,43-,44-,45+,46+/m1/s1. The number of likely N-dealkylation sites (N-methyl/N-ethyl adjacent to an activating group) is 1. The van der Waals surface area contributed by atoms with Crippen LogP contribution in [0.1, 0.15) is 68.8 Å². The van der Waals surface area contributed by atoms with Gasteiger partial charge in [0.15, 0.2) is 6.10 Å². The number of nitrogens with zero attached hydrogens (tertiary/aromatic N) is 3. The summed E-state index contributed by atoms with van der Waals surface area (Å²) < 4.78 is 25.0. The zero-order valence-electron chi connectivity index (χ0n) is 35.0. The lowest BCUT2D eigenvalue weighted by Gasteiger charge is -2.63. The summed E-state index contributed by atoms with van der Waals surface area (Å²) in [5.41, 5.74) is 0.969. The summed E-state index contributed by atoms with van der Waals surface area (Å²) in [5.74, 6) is -1.34. The fourth-order valence-electron chi connectivity index (χ4n) is 13.1. The van der Waals surface area contributed by atoms with E-state index in [9.17, 15) is 14.7 Å². The highest BCUT2D eigenvalue weighted by atomic mass is 79.9. The maximum Gasteiger partial charge on any atom is 0.344 e. The topological polar surface area (TPSA) is 134 Å². The van der Waals surface area contributed by atoms with Crippen molar-refractivity contribution in [2.24, 2.45) is 11.3 Å². The van der Waals surface area contributed by atoms with Gasteiger partial charge < -0.3 is 33.9 Å². The monoisotopic (exact) mass is 870 g/mol. The molecule has 2 bridgehead atoms. The van der Waals surface area contributed by atoms with Crippen molar-refractivity contribution in [1.82, 2.24) is 14.8 Å². The Morgan fingerprint density at radius 3 is 2.49 bits per heavy atom. The Balaban J connectivity index is 1.38. The summed E-state index contributed by atoms with van der Waals surface area (Å²) in [6.07, 6.45) is 8.37. The van der Waals surface area contributed by atoms with Crippen LogP contribution in [0.2, 0.25) is 0 Å². The molecule has 2 fully saturated rings. The third kappa shape index (κ3) is 5.32. The molecule has 1 unspecified atom stereocenters. The first-order valence-corrected chi connectivity index (χ1v) is 21.7. The highest BCUT2D eigenvalue weighted by molar-refractivity contribution is 9.10. The molecule has 1 aliphatic carbocycles. The number of carbonyl (C=O) groups excluding carboxylic acids is 3. The third-order valence-electron chi connectivity index (χ3n) is 15.1. The summed E-state index contributed by atoms with van der Waals surface area (Å²) in [5, 5.41) is 14.4. The average Bonchev–Trinajstić information content (AvgIpc) is 3.89. The highest BCUT2D eigenvalue weighted by Gasteiger charge is 2.80. The molecule has 9 rings (SSSR count). The fraction of sp³-hybridized carbons (Fsp3) is 0.543. The molecule has 314 valence electrons. The van der Waals surface area contributed by atoms with Crippen LogP contribution < -0.4 is 9.64 Å². The molecule has 3 aromatic rings. The molecule has 2 aromatic carbocycles. The number of anilines is 1. The number of hydrogen-bond acceptors (Lipinski definition) is 11. The van der Waals surface area contributed by atoms with Gasteiger partial charge in [0.25, 0.3) is 0 Å². The van der Waals surface area contributed by atoms with Gasteiger partial charge in [-0.3, -0.25) is 19.4 Å². The normalized spacial score (nSPS) is 34.4. The van der Waals surface area contributed by atoms with E-state index in [1.165, 1.54) is 26.7 Å². The molecular formula is C46H55BrN4O8. The molecule has 6 aliphatic rings. The highest BCUT2D eigenvalue weighted by Crippen LogP contribution is 2.68. The van der Waals surface area contributed by atoms with Gasteiger partial charge in [0.05, 0.1) is 27.4 Å². The number of nitrogens with one attached hydrogen (secondary N) is 1. The van der Waals surface area contributed by atoms with Crippen molar-refractivity contribution in [3.05, 3.63) is 81.0 Å². The summed E-state index contributed by atoms with van der Waals surface area (Å²) in [7, 11) is 6.24. The number of H-pyrrole nitrogens is 1. The zero-order valence-corrected chi connectivity index (χ0v) is 36.6. The van der Waals surface area contributed by atoms with Gasteiger partial charge in [-0.25, -0.2) is 4.79 Å². The van der Waals surface area contributed by atoms with Crippen LogP contribution in [-0.2, 0) is 45.8 Å². The molecule has 1 spiro atoms. The lowest BCUT2D eigenvalue weighted by molar-refractivity contribution is -0.228. The van der Waals surface area contributed by atoms with Crippen molar-refractivity contribution in [1.29, 1.82) is 0 Å². The zero-order chi connectivity index (χ0) is 41.8. The Morgan fingerprint density at radius 1 is 1.02 bits per heavy atom. The SMILES string of the molecule is CCC1=C[C@H]2CN(CCc3c([nH]c4ccc(Br)cc34)[C@@](C(=O)OC)(c3cc4c(cc3OC)N(C)[C@H]3[C@@](O)(C(=O)OC)[C@H](OC(C)=O)[C@]5(CC)C=CCN6CC[C@]43[C@@H]65)C2)C1. The molecule has 59 heavy (non-hydrogen) atoms. The van der Waals surface area contributed by atoms with Crippen molar-refractivity contribution in [2.45, 2.75) is 87.5 Å². The average molecular weight is 872 g/mol. The van der Waals surface area contributed by atoms with Gasteiger partial charge in [-0.05, 0) is 80.0 Å². The van der Waals surface area contributed by atoms with E-state index in [4.69, 9.17) is 18.9 Å². The molecule has 12 nitrogen and oxygen atoms in total. The smallest absolute Gasteiger partial charge is 0.344 e. The van der Waals surface area contributed by atoms with E-state index in [-0.39, 0.29) is 12.0 Å². The molecule has 5 aliphatic heterocycles. The second-order valence-corrected chi connectivity index (χ2v) is 18.6. The van der Waals surface area contributed by atoms with Gasteiger partial charge >= 0.3 is 17.9 Å². The van der Waals surface area contributed by atoms with Crippen LogP contribution >= 0.6 is 15.9 Å². The largest absolute Gasteiger partial charge is 0.496 e. The van der Waals surface area contributed by atoms with Gasteiger partial charge in [0.1, 0.15) is 11.2 Å². The van der Waals surface area contributed by atoms with Crippen LogP contribution in [0.5, 0.6) is 5.75 Å². The Morgan fingerprint density at radius 2 is 1.80 bits per heavy atom. The first kappa shape index (κ1) is 40.2. The number of carbonyl (C=O) groups is 3. The van der Waals surface area contributed by atoms with Crippen LogP contribution in [0.25, 0.3) is 10.9 Å². The first-order valence-electron chi connectivity index (χ1n) is 20.9. The predicted molar refractivity (Wildman–Crippen MR) is 227 cm³/mol. The maximum atomic E-state index is 15.3. The third-order valence-corrected chi connectivity index (χ3v) is 15.6. The van der Waals surface area contributed by atoms with Crippen LogP contribution in [0, 0.1) is 11.3 Å². The number of methoxy groups -OCH3 is 3. The number of hydrogen-bond donors (Lipinski definition) is 2. The number of benzene rings is 2. The van der Waals surface area contributed by atoms with Crippen LogP contribution in [0.15, 0.2) is 58.6 Å². The van der Waals surface area contributed by atoms with E-state index in [1.54, 1.807) is 7.11 Å². The Hall–Kier alpha value is -4.17. The molecule has 1 saturated heterocycles. The molecule has 0 amide bonds. The number of aliphatic hydroxyl groups is 1. The summed E-state index contributed by atoms with van der Waals surface area (Å²) in [6, 6.07) is 9.12. The van der Waals surface area contributed by atoms with Crippen molar-refractivity contribution in [3.8, 4) is 5.75 Å². The van der Waals surface area contributed by atoms with Crippen molar-refractivity contribution in [2.75, 3.05) is 66.0 Å². The molecule has 0 radical (unpaired) electrons. The minimum absolute atomic E-state index is 0.00947. The lowest BCUT2D eigenvalue weighted by atomic mass is 9.47. The Bertz CT molecular complexity index is 2320. The maximum absolute atomic E-state index is 15.3. The number of rotatable bonds is 7. The molecule has 9 atom stereocenters. The molecule has 6 heterocycles. The minimum atomic E-state index is -2.28. The molecular weight excluding hydrogens is 816 g/mol. The number of fused-ring (bicyclic) bond motifs is 6. The van der Waals surface area contributed by atoms with Crippen molar-refractivity contribution in [3.63, 3.8) is 0 Å². The van der Waals surface area contributed by atoms with Gasteiger partial charge in [-0.2, -0.15) is 0 Å². The lowest BCUT2D eigenvalue weighted by Crippen LogP contribution is -2.81. The molecule has 2 N–H and O–H groups in total. The first-order chi connectivity index (χ1) is 28.3. The van der Waals surface area contributed by atoms with Crippen molar-refractivity contribution < 1.29 is 38.4 Å². The van der Waals surface area contributed by atoms with E-state index in [0.29, 0.717) is 50.1 Å². The predicted octanol–water partition coefficient (Wildman–Crippen LogP) is 5.56. The second kappa shape index (κ2) is 14.2. The molecule has 1 aromatic heterocycles. The number of esters is 3. The number of aromatic nitrogens is 1. The molecule has 1 saturated carbocycles. The van der Waals surface area contributed by atoms with Gasteiger partial charge in [0.2, 0.25) is 5.60 Å². The summed E-state index contributed by atoms with van der Waals surface area (Å²) in [6.45, 7) is 9.39. The Labute approximate surface area is 354 Å². The van der Waals surface area contributed by atoms with Crippen LogP contribution in [0.3, 0.4) is 0 Å². The van der Waals surface area contributed by atoms with E-state index in [0.717, 1.165) is 63.9 Å². The van der Waals surface area contributed by atoms with Crippen LogP contribution in [0.4, 0.5) is 5.69 Å². The van der Waals surface area contributed by atoms with E-state index in [1.807, 2.05) is 31.0 Å². The number of ether oxygens (including phenoxy) is 4. The number of aromatic amines is 1. The van der Waals surface area contributed by atoms with Crippen LogP contribution in [-0.4, -0.2) is 123 Å². The second-order valence-electron chi connectivity index (χ2n) is 17.6. The van der Waals surface area contributed by atoms with Gasteiger partial charge in [-0.15, -0.1) is 0 Å². The fourth-order valence-corrected chi connectivity index (χ4v) is 13.4. The van der Waals surface area contributed by atoms with Gasteiger partial charge in [0, 0.05) is 95.4 Å². The Kier molecular flexibility index (Phi) is 9.69. The van der Waals surface area contributed by atoms with E-state index >= 15 is 4.79 Å². The summed E-state index contributed by atoms with van der Waals surface area (Å²) in [4.78, 5) is 53.4.